The van der Waals surface area contributed by atoms with Crippen LogP contribution in [0.3, 0.4) is 0 Å². The van der Waals surface area contributed by atoms with E-state index in [4.69, 9.17) is 44.9 Å². The maximum Gasteiger partial charge on any atom is 0.338 e. The van der Waals surface area contributed by atoms with Crippen LogP contribution >= 0.6 is 47.2 Å². The number of ether oxygens (including phenoxy) is 2. The average Bonchev–Trinajstić information content (AvgIpc) is 3.22. The number of hydrogen-bond donors (Lipinski definition) is 2. The van der Waals surface area contributed by atoms with Crippen molar-refractivity contribution in [3.63, 3.8) is 0 Å². The molecule has 0 radical (unpaired) electrons. The Kier molecular flexibility index (Phi) is 8.99. The molecule has 5 rings (SSSR count). The lowest BCUT2D eigenvalue weighted by molar-refractivity contribution is -0.123. The number of rotatable bonds is 8. The van der Waals surface area contributed by atoms with E-state index >= 15 is 0 Å². The summed E-state index contributed by atoms with van der Waals surface area (Å²) in [6.07, 6.45) is 1.69. The lowest BCUT2D eigenvalue weighted by Crippen LogP contribution is -2.46. The summed E-state index contributed by atoms with van der Waals surface area (Å²) in [5.41, 5.74) is 4.66. The first-order chi connectivity index (χ1) is 19.8. The largest absolute Gasteiger partial charge is 0.490 e. The monoisotopic (exact) mass is 623 g/mol. The van der Waals surface area contributed by atoms with E-state index in [0.29, 0.717) is 45.9 Å². The number of halogens is 2. The second-order valence-electron chi connectivity index (χ2n) is 8.78. The lowest BCUT2D eigenvalue weighted by atomic mass is 10.1. The van der Waals surface area contributed by atoms with Crippen molar-refractivity contribution in [2.24, 2.45) is 0 Å². The van der Waals surface area contributed by atoms with E-state index in [-0.39, 0.29) is 9.34 Å². The van der Waals surface area contributed by atoms with Crippen LogP contribution in [0.25, 0.3) is 16.8 Å². The number of hydrazine groups is 1. The zero-order valence-electron chi connectivity index (χ0n) is 21.6. The molecule has 4 aromatic carbocycles. The first-order valence-electron chi connectivity index (χ1n) is 12.5. The van der Waals surface area contributed by atoms with Crippen molar-refractivity contribution in [1.29, 1.82) is 0 Å². The third-order valence-electron chi connectivity index (χ3n) is 6.01. The van der Waals surface area contributed by atoms with Crippen molar-refractivity contribution < 1.29 is 19.1 Å². The Balaban J connectivity index is 1.28. The van der Waals surface area contributed by atoms with Gasteiger partial charge >= 0.3 is 6.03 Å². The van der Waals surface area contributed by atoms with Gasteiger partial charge in [0.1, 0.15) is 6.61 Å². The predicted molar refractivity (Wildman–Crippen MR) is 170 cm³/mol. The molecule has 11 heteroatoms. The summed E-state index contributed by atoms with van der Waals surface area (Å²) in [5, 5.41) is 6.54. The first kappa shape index (κ1) is 28.8. The highest BCUT2D eigenvalue weighted by molar-refractivity contribution is 8.26. The van der Waals surface area contributed by atoms with E-state index in [2.05, 4.69) is 28.9 Å². The summed E-state index contributed by atoms with van der Waals surface area (Å²) in [7, 11) is 0. The zero-order valence-corrected chi connectivity index (χ0v) is 24.8. The number of nitrogens with zero attached hydrogens (tertiary/aromatic N) is 1. The van der Waals surface area contributed by atoms with Crippen LogP contribution in [0.4, 0.5) is 10.5 Å². The second kappa shape index (κ2) is 12.8. The molecule has 0 unspecified atom stereocenters. The molecule has 208 valence electrons. The van der Waals surface area contributed by atoms with Gasteiger partial charge in [-0.05, 0) is 77.4 Å². The molecule has 0 aliphatic carbocycles. The first-order valence-corrected chi connectivity index (χ1v) is 14.5. The Labute approximate surface area is 256 Å². The van der Waals surface area contributed by atoms with E-state index in [1.165, 1.54) is 6.07 Å². The summed E-state index contributed by atoms with van der Waals surface area (Å²) in [6, 6.07) is 23.7. The van der Waals surface area contributed by atoms with Gasteiger partial charge in [0.2, 0.25) is 0 Å². The number of thioether (sulfide) groups is 1. The van der Waals surface area contributed by atoms with Gasteiger partial charge in [-0.15, -0.1) is 0 Å². The Hall–Kier alpha value is -3.76. The van der Waals surface area contributed by atoms with Crippen LogP contribution in [0, 0.1) is 0 Å². The maximum atomic E-state index is 13.1. The highest BCUT2D eigenvalue weighted by atomic mass is 35.5. The molecule has 4 aromatic rings. The SMILES string of the molecule is CCOc1cc(/C=C2/SC(=S)N(NC(=O)Nc3ccc(Cl)c(Cl)c3)C2=O)ccc1OCc1cccc2ccccc12. The fraction of sp³-hybridized carbons (Fsp3) is 0.100. The number of hydrogen-bond acceptors (Lipinski definition) is 6. The molecule has 0 spiro atoms. The third kappa shape index (κ3) is 6.77. The quantitative estimate of drug-likeness (QED) is 0.153. The van der Waals surface area contributed by atoms with Crippen molar-refractivity contribution in [2.75, 3.05) is 11.9 Å². The molecule has 0 aromatic heterocycles. The lowest BCUT2D eigenvalue weighted by Gasteiger charge is -2.16. The Morgan fingerprint density at radius 2 is 1.78 bits per heavy atom. The van der Waals surface area contributed by atoms with Crippen LogP contribution in [-0.2, 0) is 11.4 Å². The topological polar surface area (TPSA) is 79.9 Å². The summed E-state index contributed by atoms with van der Waals surface area (Å²) in [4.78, 5) is 25.9. The minimum absolute atomic E-state index is 0.186. The van der Waals surface area contributed by atoms with Gasteiger partial charge in [0.15, 0.2) is 15.8 Å². The molecular formula is C30H23Cl2N3O4S2. The molecule has 41 heavy (non-hydrogen) atoms. The van der Waals surface area contributed by atoms with Gasteiger partial charge in [-0.1, -0.05) is 83.5 Å². The molecule has 1 heterocycles. The molecule has 1 fully saturated rings. The van der Waals surface area contributed by atoms with Crippen LogP contribution < -0.4 is 20.2 Å². The number of amides is 3. The third-order valence-corrected chi connectivity index (χ3v) is 8.05. The van der Waals surface area contributed by atoms with E-state index in [1.807, 2.05) is 43.3 Å². The van der Waals surface area contributed by atoms with Crippen LogP contribution in [-0.4, -0.2) is 27.9 Å². The minimum atomic E-state index is -0.660. The highest BCUT2D eigenvalue weighted by Gasteiger charge is 2.33. The molecule has 0 bridgehead atoms. The second-order valence-corrected chi connectivity index (χ2v) is 11.3. The summed E-state index contributed by atoms with van der Waals surface area (Å²) < 4.78 is 12.2. The van der Waals surface area contributed by atoms with Crippen molar-refractivity contribution in [3.8, 4) is 11.5 Å². The summed E-state index contributed by atoms with van der Waals surface area (Å²) in [6.45, 7) is 2.70. The molecular weight excluding hydrogens is 601 g/mol. The van der Waals surface area contributed by atoms with Crippen molar-refractivity contribution >= 4 is 86.0 Å². The average molecular weight is 625 g/mol. The predicted octanol–water partition coefficient (Wildman–Crippen LogP) is 8.06. The van der Waals surface area contributed by atoms with Gasteiger partial charge in [-0.3, -0.25) is 4.79 Å². The molecule has 0 saturated carbocycles. The van der Waals surface area contributed by atoms with E-state index in [9.17, 15) is 9.59 Å². The van der Waals surface area contributed by atoms with Gasteiger partial charge in [0.05, 0.1) is 21.6 Å². The number of carbonyl (C=O) groups is 2. The standard InChI is InChI=1S/C30H23Cl2N3O4S2/c1-2-38-26-14-18(10-13-25(26)39-17-20-8-5-7-19-6-3-4-9-22(19)20)15-27-28(36)35(30(40)41-27)34-29(37)33-21-11-12-23(31)24(32)16-21/h3-16H,2,17H2,1H3,(H2,33,34,37)/b27-15+. The molecule has 2 N–H and O–H groups in total. The number of urea groups is 1. The molecule has 1 aliphatic heterocycles. The highest BCUT2D eigenvalue weighted by Crippen LogP contribution is 2.35. The zero-order chi connectivity index (χ0) is 28.9. The van der Waals surface area contributed by atoms with Gasteiger partial charge < -0.3 is 14.8 Å². The molecule has 0 atom stereocenters. The van der Waals surface area contributed by atoms with Crippen LogP contribution in [0.5, 0.6) is 11.5 Å². The van der Waals surface area contributed by atoms with Crippen LogP contribution in [0.15, 0.2) is 83.8 Å². The van der Waals surface area contributed by atoms with E-state index < -0.39 is 11.9 Å². The fourth-order valence-corrected chi connectivity index (χ4v) is 5.60. The normalized spacial score (nSPS) is 14.0. The molecule has 7 nitrogen and oxygen atoms in total. The minimum Gasteiger partial charge on any atom is -0.490 e. The van der Waals surface area contributed by atoms with Gasteiger partial charge in [0.25, 0.3) is 5.91 Å². The number of thiocarbonyl (C=S) groups is 1. The number of anilines is 1. The van der Waals surface area contributed by atoms with Crippen molar-refractivity contribution in [3.05, 3.63) is 105 Å². The van der Waals surface area contributed by atoms with E-state index in [0.717, 1.165) is 33.1 Å². The van der Waals surface area contributed by atoms with Crippen LogP contribution in [0.2, 0.25) is 10.0 Å². The smallest absolute Gasteiger partial charge is 0.338 e. The maximum absolute atomic E-state index is 13.1. The molecule has 3 amide bonds. The summed E-state index contributed by atoms with van der Waals surface area (Å²) in [5.74, 6) is 0.680. The Morgan fingerprint density at radius 1 is 0.976 bits per heavy atom. The number of benzene rings is 4. The Morgan fingerprint density at radius 3 is 2.59 bits per heavy atom. The molecule has 1 aliphatic rings. The van der Waals surface area contributed by atoms with Crippen LogP contribution in [0.1, 0.15) is 18.1 Å². The van der Waals surface area contributed by atoms with E-state index in [1.54, 1.807) is 24.3 Å². The van der Waals surface area contributed by atoms with Gasteiger partial charge in [0, 0.05) is 5.69 Å². The fourth-order valence-electron chi connectivity index (χ4n) is 4.13. The van der Waals surface area contributed by atoms with Crippen molar-refractivity contribution in [1.82, 2.24) is 10.4 Å². The summed E-state index contributed by atoms with van der Waals surface area (Å²) >= 11 is 18.3. The number of fused-ring (bicyclic) bond motifs is 1. The van der Waals surface area contributed by atoms with Gasteiger partial charge in [-0.2, -0.15) is 5.01 Å². The van der Waals surface area contributed by atoms with Crippen molar-refractivity contribution in [2.45, 2.75) is 13.5 Å². The Bertz CT molecular complexity index is 1690. The number of nitrogens with one attached hydrogen (secondary N) is 2. The number of carbonyl (C=O) groups excluding carboxylic acids is 2. The van der Waals surface area contributed by atoms with Gasteiger partial charge in [-0.25, -0.2) is 10.2 Å². The molecule has 1 saturated heterocycles.